The zero-order chi connectivity index (χ0) is 14.8. The first-order valence-corrected chi connectivity index (χ1v) is 9.39. The highest BCUT2D eigenvalue weighted by Crippen LogP contribution is 1.97. The van der Waals surface area contributed by atoms with E-state index in [1.807, 2.05) is 19.6 Å². The second-order valence-corrected chi connectivity index (χ2v) is 9.94. The van der Waals surface area contributed by atoms with Crippen LogP contribution < -0.4 is 17.1 Å². The molecule has 0 unspecified atom stereocenters. The van der Waals surface area contributed by atoms with Gasteiger partial charge in [0.15, 0.2) is 8.24 Å². The Morgan fingerprint density at radius 2 is 1.26 bits per heavy atom. The van der Waals surface area contributed by atoms with E-state index in [0.29, 0.717) is 0 Å². The molecule has 0 amide bonds. The van der Waals surface area contributed by atoms with Crippen LogP contribution in [0.4, 0.5) is 0 Å². The summed E-state index contributed by atoms with van der Waals surface area (Å²) in [6.07, 6.45) is 2.92. The van der Waals surface area contributed by atoms with Crippen molar-refractivity contribution in [3.05, 3.63) is 56.8 Å². The lowest BCUT2D eigenvalue weighted by molar-refractivity contribution is 0.550. The van der Waals surface area contributed by atoms with Crippen LogP contribution in [-0.2, 0) is 13.1 Å². The quantitative estimate of drug-likeness (QED) is 0.573. The fourth-order valence-electron chi connectivity index (χ4n) is 1.78. The molecule has 0 aliphatic rings. The summed E-state index contributed by atoms with van der Waals surface area (Å²) in [5.41, 5.74) is -1.74. The Balaban J connectivity index is 3.90. The van der Waals surface area contributed by atoms with Gasteiger partial charge in [0, 0.05) is 13.1 Å². The molecule has 0 radical (unpaired) electrons. The average Bonchev–Trinajstić information content (AvgIpc) is 2.28. The topological polar surface area (TPSA) is 66.0 Å². The molecule has 0 N–H and O–H groups in total. The number of allylic oxidation sites excluding steroid dienone is 2. The lowest BCUT2D eigenvalue weighted by Crippen LogP contribution is -2.61. The Kier molecular flexibility index (Phi) is 4.30. The Bertz CT molecular complexity index is 625. The van der Waals surface area contributed by atoms with Gasteiger partial charge in [0.1, 0.15) is 0 Å². The van der Waals surface area contributed by atoms with Gasteiger partial charge in [-0.05, 0) is 0 Å². The number of hydrogen-bond acceptors (Lipinski definition) is 3. The molecule has 6 nitrogen and oxygen atoms in total. The molecule has 0 spiro atoms. The standard InChI is InChI=1S/C12H19N3O3Si/c1-6-8-13-10(16)14(9-7-2)12(18)15(11(13)17)19(3,4)5/h6-7H,1-2,8-9H2,3-5H3. The van der Waals surface area contributed by atoms with Gasteiger partial charge < -0.3 is 0 Å². The molecular weight excluding hydrogens is 262 g/mol. The van der Waals surface area contributed by atoms with Gasteiger partial charge in [-0.2, -0.15) is 0 Å². The van der Waals surface area contributed by atoms with Crippen LogP contribution in [0.5, 0.6) is 0 Å². The summed E-state index contributed by atoms with van der Waals surface area (Å²) in [6.45, 7) is 12.8. The van der Waals surface area contributed by atoms with Crippen LogP contribution >= 0.6 is 0 Å². The minimum Gasteiger partial charge on any atom is -0.276 e. The molecule has 1 heterocycles. The number of hydrogen-bond donors (Lipinski definition) is 0. The van der Waals surface area contributed by atoms with Gasteiger partial charge in [-0.1, -0.05) is 31.8 Å². The zero-order valence-electron chi connectivity index (χ0n) is 11.5. The Labute approximate surface area is 112 Å². The fraction of sp³-hybridized carbons (Fsp3) is 0.417. The summed E-state index contributed by atoms with van der Waals surface area (Å²) < 4.78 is 3.26. The largest absolute Gasteiger partial charge is 0.336 e. The van der Waals surface area contributed by atoms with E-state index >= 15 is 0 Å². The predicted octanol–water partition coefficient (Wildman–Crippen LogP) is 0.227. The molecule has 0 aromatic carbocycles. The predicted molar refractivity (Wildman–Crippen MR) is 78.4 cm³/mol. The fourth-order valence-corrected chi connectivity index (χ4v) is 3.17. The number of rotatable bonds is 5. The number of nitrogens with zero attached hydrogens (tertiary/aromatic N) is 3. The van der Waals surface area contributed by atoms with Crippen molar-refractivity contribution in [2.24, 2.45) is 0 Å². The molecule has 0 saturated carbocycles. The summed E-state index contributed by atoms with van der Waals surface area (Å²) in [6, 6.07) is 0. The van der Waals surface area contributed by atoms with Crippen LogP contribution in [0.2, 0.25) is 19.6 Å². The Morgan fingerprint density at radius 3 is 1.53 bits per heavy atom. The highest BCUT2D eigenvalue weighted by atomic mass is 28.3. The van der Waals surface area contributed by atoms with Crippen molar-refractivity contribution < 1.29 is 0 Å². The van der Waals surface area contributed by atoms with Gasteiger partial charge in [-0.15, -0.1) is 13.2 Å². The van der Waals surface area contributed by atoms with Crippen molar-refractivity contribution in [2.45, 2.75) is 32.7 Å². The maximum absolute atomic E-state index is 12.3. The molecule has 1 rings (SSSR count). The molecule has 0 bridgehead atoms. The molecule has 0 atom stereocenters. The minimum atomic E-state index is -2.22. The van der Waals surface area contributed by atoms with Crippen molar-refractivity contribution >= 4 is 8.24 Å². The van der Waals surface area contributed by atoms with Crippen molar-refractivity contribution in [1.29, 1.82) is 0 Å². The Morgan fingerprint density at radius 1 is 0.895 bits per heavy atom. The lowest BCUT2D eigenvalue weighted by atomic mass is 10.6. The monoisotopic (exact) mass is 281 g/mol. The first-order valence-electron chi connectivity index (χ1n) is 5.94. The van der Waals surface area contributed by atoms with E-state index in [-0.39, 0.29) is 13.1 Å². The molecule has 1 aromatic heterocycles. The van der Waals surface area contributed by atoms with Gasteiger partial charge in [0.25, 0.3) is 0 Å². The minimum absolute atomic E-state index is 0.0829. The van der Waals surface area contributed by atoms with Gasteiger partial charge in [-0.3, -0.25) is 4.23 Å². The highest BCUT2D eigenvalue weighted by Gasteiger charge is 2.25. The second kappa shape index (κ2) is 5.39. The Hall–Kier alpha value is -1.89. The van der Waals surface area contributed by atoms with Gasteiger partial charge in [0.2, 0.25) is 0 Å². The molecule has 19 heavy (non-hydrogen) atoms. The summed E-state index contributed by atoms with van der Waals surface area (Å²) >= 11 is 0. The van der Waals surface area contributed by atoms with Crippen LogP contribution in [-0.4, -0.2) is 21.6 Å². The van der Waals surface area contributed by atoms with Crippen molar-refractivity contribution in [3.8, 4) is 0 Å². The summed E-state index contributed by atoms with van der Waals surface area (Å²) in [5, 5.41) is 0. The summed E-state index contributed by atoms with van der Waals surface area (Å²) in [5.74, 6) is 0. The molecule has 0 saturated heterocycles. The van der Waals surface area contributed by atoms with Crippen molar-refractivity contribution in [1.82, 2.24) is 13.4 Å². The average molecular weight is 281 g/mol. The van der Waals surface area contributed by atoms with Crippen LogP contribution in [0, 0.1) is 0 Å². The van der Waals surface area contributed by atoms with E-state index in [0.717, 1.165) is 9.13 Å². The normalized spacial score (nSPS) is 11.3. The van der Waals surface area contributed by atoms with E-state index in [9.17, 15) is 14.4 Å². The van der Waals surface area contributed by atoms with Crippen LogP contribution in [0.3, 0.4) is 0 Å². The van der Waals surface area contributed by atoms with Gasteiger partial charge in [0.05, 0.1) is 0 Å². The summed E-state index contributed by atoms with van der Waals surface area (Å²) in [7, 11) is -2.22. The van der Waals surface area contributed by atoms with E-state index in [1.165, 1.54) is 16.4 Å². The third kappa shape index (κ3) is 2.76. The zero-order valence-corrected chi connectivity index (χ0v) is 12.5. The van der Waals surface area contributed by atoms with Crippen molar-refractivity contribution in [2.75, 3.05) is 0 Å². The molecule has 1 aromatic rings. The van der Waals surface area contributed by atoms with Crippen molar-refractivity contribution in [3.63, 3.8) is 0 Å². The third-order valence-corrected chi connectivity index (χ3v) is 4.32. The maximum atomic E-state index is 12.3. The smallest absolute Gasteiger partial charge is 0.276 e. The molecule has 104 valence electrons. The van der Waals surface area contributed by atoms with E-state index < -0.39 is 25.3 Å². The first kappa shape index (κ1) is 15.2. The molecule has 7 heteroatoms. The SMILES string of the molecule is C=CCn1c(=O)n(CC=C)c(=O)n([Si](C)(C)C)c1=O. The van der Waals surface area contributed by atoms with Crippen LogP contribution in [0.1, 0.15) is 0 Å². The van der Waals surface area contributed by atoms with E-state index in [4.69, 9.17) is 0 Å². The second-order valence-electron chi connectivity index (χ2n) is 5.15. The lowest BCUT2D eigenvalue weighted by Gasteiger charge is -2.21. The van der Waals surface area contributed by atoms with E-state index in [1.54, 1.807) is 0 Å². The summed E-state index contributed by atoms with van der Waals surface area (Å²) in [4.78, 5) is 36.7. The maximum Gasteiger partial charge on any atom is 0.336 e. The number of aromatic nitrogens is 3. The first-order chi connectivity index (χ1) is 8.75. The highest BCUT2D eigenvalue weighted by molar-refractivity contribution is 6.74. The van der Waals surface area contributed by atoms with Gasteiger partial charge in [-0.25, -0.2) is 23.5 Å². The molecule has 0 aliphatic heterocycles. The van der Waals surface area contributed by atoms with Crippen LogP contribution in [0.15, 0.2) is 39.7 Å². The molecule has 0 fully saturated rings. The van der Waals surface area contributed by atoms with E-state index in [2.05, 4.69) is 13.2 Å². The third-order valence-electron chi connectivity index (χ3n) is 2.60. The molecule has 0 aliphatic carbocycles. The molecular formula is C12H19N3O3Si. The van der Waals surface area contributed by atoms with Gasteiger partial charge >= 0.3 is 17.1 Å². The van der Waals surface area contributed by atoms with Crippen LogP contribution in [0.25, 0.3) is 0 Å².